The molecule has 0 bridgehead atoms. The molecule has 2 aromatic carbocycles. The number of nitrogens with one attached hydrogen (secondary N) is 1. The topological polar surface area (TPSA) is 58.6 Å². The second-order valence-corrected chi connectivity index (χ2v) is 4.99. The van der Waals surface area contributed by atoms with E-state index in [1.54, 1.807) is 31.2 Å². The zero-order valence-corrected chi connectivity index (χ0v) is 12.5. The van der Waals surface area contributed by atoms with Crippen molar-refractivity contribution in [2.45, 2.75) is 19.4 Å². The molecular weight excluding hydrogens is 285 g/mol. The Kier molecular flexibility index (Phi) is 4.99. The van der Waals surface area contributed by atoms with Gasteiger partial charge in [-0.05, 0) is 36.8 Å². The summed E-state index contributed by atoms with van der Waals surface area (Å²) < 4.78 is 19.1. The third kappa shape index (κ3) is 3.75. The second kappa shape index (κ2) is 6.93. The molecule has 1 amide bonds. The molecule has 0 aliphatic rings. The summed E-state index contributed by atoms with van der Waals surface area (Å²) in [4.78, 5) is 12.1. The minimum atomic E-state index is -0.527. The normalized spacial score (nSPS) is 11.8. The Morgan fingerprint density at radius 3 is 2.73 bits per heavy atom. The van der Waals surface area contributed by atoms with Gasteiger partial charge in [-0.15, -0.1) is 0 Å². The first-order valence-corrected chi connectivity index (χ1v) is 6.91. The molecule has 5 heteroatoms. The van der Waals surface area contributed by atoms with Gasteiger partial charge in [-0.25, -0.2) is 4.39 Å². The van der Waals surface area contributed by atoms with Crippen molar-refractivity contribution in [2.24, 2.45) is 0 Å². The van der Waals surface area contributed by atoms with Gasteiger partial charge in [-0.3, -0.25) is 4.79 Å². The van der Waals surface area contributed by atoms with Gasteiger partial charge in [0.25, 0.3) is 0 Å². The van der Waals surface area contributed by atoms with E-state index in [0.717, 1.165) is 0 Å². The Labute approximate surface area is 128 Å². The van der Waals surface area contributed by atoms with E-state index in [-0.39, 0.29) is 18.1 Å². The van der Waals surface area contributed by atoms with Crippen LogP contribution in [0.2, 0.25) is 0 Å². The quantitative estimate of drug-likeness (QED) is 0.893. The Morgan fingerprint density at radius 2 is 2.05 bits per heavy atom. The zero-order valence-electron chi connectivity index (χ0n) is 12.5. The van der Waals surface area contributed by atoms with E-state index in [0.29, 0.717) is 16.9 Å². The van der Waals surface area contributed by atoms with Crippen LogP contribution in [0.4, 0.5) is 4.39 Å². The molecule has 0 saturated carbocycles. The van der Waals surface area contributed by atoms with E-state index < -0.39 is 11.9 Å². The lowest BCUT2D eigenvalue weighted by Gasteiger charge is -2.18. The lowest BCUT2D eigenvalue weighted by molar-refractivity contribution is -0.121. The number of amides is 1. The van der Waals surface area contributed by atoms with Crippen LogP contribution in [0.25, 0.3) is 0 Å². The number of hydrogen-bond acceptors (Lipinski definition) is 3. The number of aromatic hydroxyl groups is 1. The van der Waals surface area contributed by atoms with Gasteiger partial charge in [0, 0.05) is 0 Å². The molecule has 0 spiro atoms. The highest BCUT2D eigenvalue weighted by molar-refractivity contribution is 5.79. The largest absolute Gasteiger partial charge is 0.508 e. The summed E-state index contributed by atoms with van der Waals surface area (Å²) in [6.07, 6.45) is 0.107. The summed E-state index contributed by atoms with van der Waals surface area (Å²) in [5.41, 5.74) is 0.999. The van der Waals surface area contributed by atoms with Crippen LogP contribution < -0.4 is 10.1 Å². The monoisotopic (exact) mass is 303 g/mol. The van der Waals surface area contributed by atoms with Crippen LogP contribution in [-0.4, -0.2) is 18.1 Å². The molecule has 4 nitrogen and oxygen atoms in total. The highest BCUT2D eigenvalue weighted by atomic mass is 19.1. The van der Waals surface area contributed by atoms with Crippen LogP contribution in [0.1, 0.15) is 24.1 Å². The summed E-state index contributed by atoms with van der Waals surface area (Å²) in [5, 5.41) is 12.1. The number of halogens is 1. The van der Waals surface area contributed by atoms with Crippen LogP contribution in [0.3, 0.4) is 0 Å². The fraction of sp³-hybridized carbons (Fsp3) is 0.235. The molecule has 0 aliphatic heterocycles. The molecule has 2 aromatic rings. The van der Waals surface area contributed by atoms with E-state index in [1.807, 2.05) is 0 Å². The number of hydrogen-bond donors (Lipinski definition) is 2. The smallest absolute Gasteiger partial charge is 0.224 e. The molecule has 0 fully saturated rings. The van der Waals surface area contributed by atoms with Gasteiger partial charge in [-0.2, -0.15) is 0 Å². The van der Waals surface area contributed by atoms with Gasteiger partial charge in [0.05, 0.1) is 25.1 Å². The zero-order chi connectivity index (χ0) is 16.1. The molecule has 0 radical (unpaired) electrons. The molecule has 1 unspecified atom stereocenters. The molecule has 0 aliphatic carbocycles. The molecule has 0 saturated heterocycles. The van der Waals surface area contributed by atoms with Crippen LogP contribution in [-0.2, 0) is 11.2 Å². The summed E-state index contributed by atoms with van der Waals surface area (Å²) in [6, 6.07) is 10.5. The van der Waals surface area contributed by atoms with Crippen LogP contribution in [0.5, 0.6) is 11.5 Å². The van der Waals surface area contributed by atoms with E-state index in [4.69, 9.17) is 4.74 Å². The Hall–Kier alpha value is -2.56. The lowest BCUT2D eigenvalue weighted by atomic mass is 10.1. The number of ether oxygens (including phenoxy) is 1. The first-order chi connectivity index (χ1) is 10.5. The van der Waals surface area contributed by atoms with Crippen molar-refractivity contribution < 1.29 is 19.0 Å². The molecule has 1 atom stereocenters. The molecule has 22 heavy (non-hydrogen) atoms. The number of phenols is 1. The van der Waals surface area contributed by atoms with Crippen LogP contribution in [0, 0.1) is 5.82 Å². The number of benzene rings is 2. The summed E-state index contributed by atoms with van der Waals surface area (Å²) >= 11 is 0. The standard InChI is InChI=1S/C17H18FNO3/c1-11(17-14(18)7-4-8-15(17)22-2)19-16(21)10-12-5-3-6-13(20)9-12/h3-9,11,20H,10H2,1-2H3,(H,19,21). The second-order valence-electron chi connectivity index (χ2n) is 4.99. The molecule has 0 aromatic heterocycles. The predicted molar refractivity (Wildman–Crippen MR) is 81.3 cm³/mol. The fourth-order valence-electron chi connectivity index (χ4n) is 2.33. The lowest BCUT2D eigenvalue weighted by Crippen LogP contribution is -2.29. The van der Waals surface area contributed by atoms with Crippen LogP contribution in [0.15, 0.2) is 42.5 Å². The van der Waals surface area contributed by atoms with Crippen molar-refractivity contribution in [3.05, 3.63) is 59.4 Å². The van der Waals surface area contributed by atoms with Gasteiger partial charge in [-0.1, -0.05) is 18.2 Å². The number of rotatable bonds is 5. The van der Waals surface area contributed by atoms with Crippen molar-refractivity contribution in [3.8, 4) is 11.5 Å². The molecule has 2 rings (SSSR count). The average molecular weight is 303 g/mol. The maximum absolute atomic E-state index is 14.0. The Balaban J connectivity index is 2.09. The van der Waals surface area contributed by atoms with Crippen molar-refractivity contribution in [1.29, 1.82) is 0 Å². The van der Waals surface area contributed by atoms with Gasteiger partial charge < -0.3 is 15.2 Å². The fourth-order valence-corrected chi connectivity index (χ4v) is 2.33. The number of carbonyl (C=O) groups excluding carboxylic acids is 1. The van der Waals surface area contributed by atoms with Gasteiger partial charge in [0.1, 0.15) is 17.3 Å². The van der Waals surface area contributed by atoms with Crippen molar-refractivity contribution in [1.82, 2.24) is 5.32 Å². The third-order valence-corrected chi connectivity index (χ3v) is 3.32. The Morgan fingerprint density at radius 1 is 1.32 bits per heavy atom. The molecule has 0 heterocycles. The summed E-state index contributed by atoms with van der Waals surface area (Å²) in [7, 11) is 1.46. The van der Waals surface area contributed by atoms with Gasteiger partial charge in [0.2, 0.25) is 5.91 Å². The van der Waals surface area contributed by atoms with Crippen molar-refractivity contribution in [2.75, 3.05) is 7.11 Å². The number of methoxy groups -OCH3 is 1. The minimum absolute atomic E-state index is 0.106. The van der Waals surface area contributed by atoms with Crippen LogP contribution >= 0.6 is 0 Å². The molecule has 2 N–H and O–H groups in total. The van der Waals surface area contributed by atoms with E-state index in [1.165, 1.54) is 25.3 Å². The van der Waals surface area contributed by atoms with E-state index in [9.17, 15) is 14.3 Å². The number of carbonyl (C=O) groups is 1. The van der Waals surface area contributed by atoms with Crippen molar-refractivity contribution >= 4 is 5.91 Å². The minimum Gasteiger partial charge on any atom is -0.508 e. The molecule has 116 valence electrons. The Bertz CT molecular complexity index is 673. The first-order valence-electron chi connectivity index (χ1n) is 6.91. The first kappa shape index (κ1) is 15.8. The summed E-state index contributed by atoms with van der Waals surface area (Å²) in [5.74, 6) is -0.188. The van der Waals surface area contributed by atoms with Crippen molar-refractivity contribution in [3.63, 3.8) is 0 Å². The third-order valence-electron chi connectivity index (χ3n) is 3.32. The summed E-state index contributed by atoms with van der Waals surface area (Å²) in [6.45, 7) is 1.70. The maximum atomic E-state index is 14.0. The highest BCUT2D eigenvalue weighted by Crippen LogP contribution is 2.27. The number of phenolic OH excluding ortho intramolecular Hbond substituents is 1. The predicted octanol–water partition coefficient (Wildman–Crippen LogP) is 2.96. The molecular formula is C17H18FNO3. The van der Waals surface area contributed by atoms with Gasteiger partial charge >= 0.3 is 0 Å². The van der Waals surface area contributed by atoms with Gasteiger partial charge in [0.15, 0.2) is 0 Å². The average Bonchev–Trinajstić information content (AvgIpc) is 2.46. The highest BCUT2D eigenvalue weighted by Gasteiger charge is 2.18. The maximum Gasteiger partial charge on any atom is 0.224 e. The van der Waals surface area contributed by atoms with E-state index in [2.05, 4.69) is 5.32 Å². The van der Waals surface area contributed by atoms with E-state index >= 15 is 0 Å². The SMILES string of the molecule is COc1cccc(F)c1C(C)NC(=O)Cc1cccc(O)c1.